The number of rotatable bonds is 6. The number of aryl methyl sites for hydroxylation is 1. The van der Waals surface area contributed by atoms with Gasteiger partial charge >= 0.3 is 0 Å². The molecule has 1 N–H and O–H groups in total. The van der Waals surface area contributed by atoms with E-state index >= 15 is 0 Å². The lowest BCUT2D eigenvalue weighted by atomic mass is 10.3. The highest BCUT2D eigenvalue weighted by Gasteiger charge is 2.16. The number of amides is 1. The minimum atomic E-state index is -0.122. The van der Waals surface area contributed by atoms with Crippen LogP contribution in [0.2, 0.25) is 0 Å². The second-order valence-corrected chi connectivity index (χ2v) is 9.45. The molecule has 4 heterocycles. The lowest BCUT2D eigenvalue weighted by Gasteiger charge is -2.05. The highest BCUT2D eigenvalue weighted by Crippen LogP contribution is 2.30. The number of thiazole rings is 2. The SMILES string of the molecule is Cc1cc(NC(=O)CSc2nc3ccccc3s2)n(-c2nc(-c3ccco3)cs2)n1. The van der Waals surface area contributed by atoms with Crippen LogP contribution in [0.4, 0.5) is 5.82 Å². The Bertz CT molecular complexity index is 1290. The van der Waals surface area contributed by atoms with Gasteiger partial charge in [0.1, 0.15) is 11.5 Å². The molecule has 30 heavy (non-hydrogen) atoms. The molecule has 0 spiro atoms. The summed E-state index contributed by atoms with van der Waals surface area (Å²) in [5.74, 6) is 1.42. The van der Waals surface area contributed by atoms with Crippen LogP contribution in [-0.4, -0.2) is 31.4 Å². The number of anilines is 1. The number of fused-ring (bicyclic) bond motifs is 1. The number of aromatic nitrogens is 4. The molecule has 0 atom stereocenters. The van der Waals surface area contributed by atoms with Gasteiger partial charge in [-0.2, -0.15) is 9.78 Å². The molecule has 0 fully saturated rings. The number of carbonyl (C=O) groups is 1. The molecule has 0 radical (unpaired) electrons. The second kappa shape index (κ2) is 8.05. The minimum Gasteiger partial charge on any atom is -0.463 e. The monoisotopic (exact) mass is 453 g/mol. The maximum atomic E-state index is 12.6. The van der Waals surface area contributed by atoms with Crippen molar-refractivity contribution < 1.29 is 9.21 Å². The van der Waals surface area contributed by atoms with Gasteiger partial charge in [0.15, 0.2) is 10.1 Å². The van der Waals surface area contributed by atoms with E-state index in [0.29, 0.717) is 16.7 Å². The maximum absolute atomic E-state index is 12.6. The first-order chi connectivity index (χ1) is 14.7. The highest BCUT2D eigenvalue weighted by atomic mass is 32.2. The summed E-state index contributed by atoms with van der Waals surface area (Å²) in [5, 5.41) is 9.98. The number of hydrogen-bond donors (Lipinski definition) is 1. The fourth-order valence-electron chi connectivity index (χ4n) is 2.85. The van der Waals surface area contributed by atoms with E-state index in [9.17, 15) is 4.79 Å². The molecular weight excluding hydrogens is 438 g/mol. The number of thioether (sulfide) groups is 1. The summed E-state index contributed by atoms with van der Waals surface area (Å²) in [6.07, 6.45) is 1.61. The molecule has 0 saturated carbocycles. The maximum Gasteiger partial charge on any atom is 0.235 e. The summed E-state index contributed by atoms with van der Waals surface area (Å²) >= 11 is 4.45. The van der Waals surface area contributed by atoms with Gasteiger partial charge in [0.05, 0.1) is 27.9 Å². The Hall–Kier alpha value is -2.95. The molecule has 5 aromatic rings. The quantitative estimate of drug-likeness (QED) is 0.354. The Morgan fingerprint density at radius 1 is 1.23 bits per heavy atom. The van der Waals surface area contributed by atoms with Gasteiger partial charge in [-0.1, -0.05) is 23.9 Å². The van der Waals surface area contributed by atoms with E-state index in [2.05, 4.69) is 20.4 Å². The Labute approximate surface area is 183 Å². The van der Waals surface area contributed by atoms with Gasteiger partial charge in [0, 0.05) is 11.4 Å². The fourth-order valence-corrected chi connectivity index (χ4v) is 5.50. The summed E-state index contributed by atoms with van der Waals surface area (Å²) in [6, 6.07) is 13.5. The molecular formula is C20H15N5O2S3. The predicted molar refractivity (Wildman–Crippen MR) is 121 cm³/mol. The first-order valence-corrected chi connectivity index (χ1v) is 11.7. The molecule has 10 heteroatoms. The average molecular weight is 454 g/mol. The lowest BCUT2D eigenvalue weighted by Crippen LogP contribution is -2.16. The topological polar surface area (TPSA) is 85.8 Å². The number of hydrogen-bond acceptors (Lipinski definition) is 8. The normalized spacial score (nSPS) is 11.2. The van der Waals surface area contributed by atoms with Gasteiger partial charge in [-0.3, -0.25) is 4.79 Å². The smallest absolute Gasteiger partial charge is 0.235 e. The summed E-state index contributed by atoms with van der Waals surface area (Å²) < 4.78 is 9.04. The molecule has 0 aliphatic rings. The molecule has 0 bridgehead atoms. The average Bonchev–Trinajstić information content (AvgIpc) is 3.51. The minimum absolute atomic E-state index is 0.122. The molecule has 1 amide bonds. The molecule has 150 valence electrons. The van der Waals surface area contributed by atoms with Crippen LogP contribution in [-0.2, 0) is 4.79 Å². The van der Waals surface area contributed by atoms with Crippen molar-refractivity contribution in [2.45, 2.75) is 11.3 Å². The summed E-state index contributed by atoms with van der Waals surface area (Å²) in [7, 11) is 0. The van der Waals surface area contributed by atoms with Gasteiger partial charge in [-0.25, -0.2) is 9.97 Å². The summed E-state index contributed by atoms with van der Waals surface area (Å²) in [4.78, 5) is 21.7. The first kappa shape index (κ1) is 19.0. The van der Waals surface area contributed by atoms with Gasteiger partial charge in [0.25, 0.3) is 0 Å². The second-order valence-electron chi connectivity index (χ2n) is 6.36. The van der Waals surface area contributed by atoms with E-state index in [1.54, 1.807) is 22.3 Å². The van der Waals surface area contributed by atoms with E-state index in [0.717, 1.165) is 25.9 Å². The third-order valence-corrected chi connectivity index (χ3v) is 7.14. The van der Waals surface area contributed by atoms with Crippen LogP contribution in [0.5, 0.6) is 0 Å². The lowest BCUT2D eigenvalue weighted by molar-refractivity contribution is -0.113. The molecule has 4 aromatic heterocycles. The first-order valence-electron chi connectivity index (χ1n) is 9.00. The van der Waals surface area contributed by atoms with Crippen LogP contribution >= 0.6 is 34.4 Å². The van der Waals surface area contributed by atoms with Crippen LogP contribution in [0.25, 0.3) is 26.8 Å². The highest BCUT2D eigenvalue weighted by molar-refractivity contribution is 8.01. The zero-order chi connectivity index (χ0) is 20.5. The third kappa shape index (κ3) is 3.89. The Balaban J connectivity index is 1.30. The van der Waals surface area contributed by atoms with Crippen LogP contribution < -0.4 is 5.32 Å². The number of nitrogens with one attached hydrogen (secondary N) is 1. The van der Waals surface area contributed by atoms with Gasteiger partial charge in [-0.15, -0.1) is 22.7 Å². The summed E-state index contributed by atoms with van der Waals surface area (Å²) in [6.45, 7) is 1.88. The fraction of sp³-hybridized carbons (Fsp3) is 0.100. The third-order valence-electron chi connectivity index (χ3n) is 4.15. The molecule has 0 saturated heterocycles. The molecule has 0 aliphatic heterocycles. The van der Waals surface area contributed by atoms with E-state index in [1.807, 2.05) is 54.8 Å². The van der Waals surface area contributed by atoms with Crippen molar-refractivity contribution in [1.29, 1.82) is 0 Å². The van der Waals surface area contributed by atoms with Gasteiger partial charge < -0.3 is 9.73 Å². The molecule has 0 unspecified atom stereocenters. The van der Waals surface area contributed by atoms with Crippen LogP contribution in [0.1, 0.15) is 5.69 Å². The van der Waals surface area contributed by atoms with E-state index in [1.165, 1.54) is 23.1 Å². The zero-order valence-corrected chi connectivity index (χ0v) is 18.2. The van der Waals surface area contributed by atoms with Crippen LogP contribution in [0.3, 0.4) is 0 Å². The van der Waals surface area contributed by atoms with E-state index < -0.39 is 0 Å². The number of para-hydroxylation sites is 1. The van der Waals surface area contributed by atoms with E-state index in [4.69, 9.17) is 4.42 Å². The predicted octanol–water partition coefficient (Wildman–Crippen LogP) is 5.24. The van der Waals surface area contributed by atoms with Gasteiger partial charge in [-0.05, 0) is 31.2 Å². The summed E-state index contributed by atoms with van der Waals surface area (Å²) in [5.41, 5.74) is 2.48. The molecule has 0 aliphatic carbocycles. The van der Waals surface area contributed by atoms with Crippen molar-refractivity contribution in [3.8, 4) is 16.6 Å². The Kier molecular flexibility index (Phi) is 5.11. The molecule has 7 nitrogen and oxygen atoms in total. The Morgan fingerprint density at radius 3 is 2.97 bits per heavy atom. The largest absolute Gasteiger partial charge is 0.463 e. The van der Waals surface area contributed by atoms with E-state index in [-0.39, 0.29) is 11.7 Å². The van der Waals surface area contributed by atoms with Crippen molar-refractivity contribution in [3.05, 3.63) is 59.8 Å². The Morgan fingerprint density at radius 2 is 2.13 bits per heavy atom. The van der Waals surface area contributed by atoms with Crippen molar-refractivity contribution in [2.75, 3.05) is 11.1 Å². The van der Waals surface area contributed by atoms with Crippen molar-refractivity contribution >= 4 is 56.4 Å². The zero-order valence-electron chi connectivity index (χ0n) is 15.7. The van der Waals surface area contributed by atoms with Gasteiger partial charge in [0.2, 0.25) is 11.0 Å². The van der Waals surface area contributed by atoms with Crippen molar-refractivity contribution in [1.82, 2.24) is 19.7 Å². The van der Waals surface area contributed by atoms with Crippen molar-refractivity contribution in [3.63, 3.8) is 0 Å². The molecule has 5 rings (SSSR count). The number of nitrogens with zero attached hydrogens (tertiary/aromatic N) is 4. The molecule has 1 aromatic carbocycles. The number of furan rings is 1. The van der Waals surface area contributed by atoms with Crippen LogP contribution in [0, 0.1) is 6.92 Å². The van der Waals surface area contributed by atoms with Crippen molar-refractivity contribution in [2.24, 2.45) is 0 Å². The number of carbonyl (C=O) groups excluding carboxylic acids is 1. The standard InChI is InChI=1S/C20H15N5O2S3/c1-12-9-17(25(24-12)19-21-14(10-28-19)15-6-4-8-27-15)23-18(26)11-29-20-22-13-5-2-3-7-16(13)30-20/h2-10H,11H2,1H3,(H,23,26). The van der Waals surface area contributed by atoms with Crippen LogP contribution in [0.15, 0.2) is 62.9 Å². The number of benzene rings is 1.